The molecule has 0 radical (unpaired) electrons. The van der Waals surface area contributed by atoms with E-state index < -0.39 is 12.1 Å². The molecule has 0 aliphatic carbocycles. The number of carbonyl (C=O) groups excluding carboxylic acids is 1. The van der Waals surface area contributed by atoms with Crippen LogP contribution >= 0.6 is 0 Å². The molecule has 3 N–H and O–H groups in total. The van der Waals surface area contributed by atoms with Crippen molar-refractivity contribution in [3.8, 4) is 0 Å². The minimum Gasteiger partial charge on any atom is -0.394 e. The van der Waals surface area contributed by atoms with Crippen molar-refractivity contribution in [2.45, 2.75) is 283 Å². The second kappa shape index (κ2) is 44.5. The highest BCUT2D eigenvalue weighted by atomic mass is 16.3. The third-order valence-electron chi connectivity index (χ3n) is 11.3. The van der Waals surface area contributed by atoms with E-state index in [9.17, 15) is 15.0 Å². The lowest BCUT2D eigenvalue weighted by Gasteiger charge is -2.20. The number of hydrogen-bond acceptors (Lipinski definition) is 3. The van der Waals surface area contributed by atoms with Crippen LogP contribution in [-0.2, 0) is 4.79 Å². The van der Waals surface area contributed by atoms with E-state index in [-0.39, 0.29) is 12.5 Å². The van der Waals surface area contributed by atoms with Gasteiger partial charge < -0.3 is 15.5 Å². The number of aliphatic hydroxyl groups is 2. The van der Waals surface area contributed by atoms with Crippen molar-refractivity contribution in [2.75, 3.05) is 6.61 Å². The van der Waals surface area contributed by atoms with Gasteiger partial charge in [-0.05, 0) is 19.3 Å². The average Bonchev–Trinajstić information content (AvgIpc) is 3.15. The Kier molecular flexibility index (Phi) is 43.8. The second-order valence-electron chi connectivity index (χ2n) is 16.5. The Hall–Kier alpha value is -0.870. The van der Waals surface area contributed by atoms with Crippen molar-refractivity contribution in [3.05, 3.63) is 12.2 Å². The van der Waals surface area contributed by atoms with E-state index in [0.717, 1.165) is 25.7 Å². The minimum atomic E-state index is -0.834. The van der Waals surface area contributed by atoms with E-state index in [1.165, 1.54) is 225 Å². The first-order chi connectivity index (χ1) is 25.7. The van der Waals surface area contributed by atoms with Crippen molar-refractivity contribution < 1.29 is 15.0 Å². The molecule has 0 rings (SSSR count). The van der Waals surface area contributed by atoms with Crippen LogP contribution in [0.5, 0.6) is 0 Å². The van der Waals surface area contributed by atoms with Crippen LogP contribution in [-0.4, -0.2) is 34.9 Å². The van der Waals surface area contributed by atoms with Gasteiger partial charge in [0.25, 0.3) is 0 Å². The summed E-state index contributed by atoms with van der Waals surface area (Å²) < 4.78 is 0. The maximum absolute atomic E-state index is 12.4. The number of unbranched alkanes of at least 4 members (excludes halogenated alkanes) is 37. The molecule has 0 fully saturated rings. The summed E-state index contributed by atoms with van der Waals surface area (Å²) in [6.45, 7) is 4.34. The van der Waals surface area contributed by atoms with E-state index in [4.69, 9.17) is 0 Å². The lowest BCUT2D eigenvalue weighted by molar-refractivity contribution is -0.123. The number of hydrogen-bond donors (Lipinski definition) is 3. The smallest absolute Gasteiger partial charge is 0.220 e. The highest BCUT2D eigenvalue weighted by molar-refractivity contribution is 5.76. The highest BCUT2D eigenvalue weighted by Gasteiger charge is 2.18. The van der Waals surface area contributed by atoms with Crippen molar-refractivity contribution in [2.24, 2.45) is 0 Å². The summed E-state index contributed by atoms with van der Waals surface area (Å²) in [5.74, 6) is -0.0580. The van der Waals surface area contributed by atoms with Gasteiger partial charge in [0.15, 0.2) is 0 Å². The number of aliphatic hydroxyl groups excluding tert-OH is 2. The predicted molar refractivity (Wildman–Crippen MR) is 230 cm³/mol. The Morgan fingerprint density at radius 3 is 1.00 bits per heavy atom. The fraction of sp³-hybridized carbons (Fsp3) is 0.938. The van der Waals surface area contributed by atoms with Crippen LogP contribution in [0.4, 0.5) is 0 Å². The van der Waals surface area contributed by atoms with E-state index >= 15 is 0 Å². The first kappa shape index (κ1) is 51.1. The third-order valence-corrected chi connectivity index (χ3v) is 11.3. The molecule has 4 nitrogen and oxygen atoms in total. The maximum atomic E-state index is 12.4. The molecule has 0 aliphatic rings. The molecular weight excluding hydrogens is 639 g/mol. The van der Waals surface area contributed by atoms with Crippen LogP contribution < -0.4 is 5.32 Å². The number of rotatable bonds is 44. The topological polar surface area (TPSA) is 69.6 Å². The Labute approximate surface area is 327 Å². The van der Waals surface area contributed by atoms with Crippen LogP contribution in [0, 0.1) is 0 Å². The van der Waals surface area contributed by atoms with Crippen LogP contribution in [0.1, 0.15) is 271 Å². The maximum Gasteiger partial charge on any atom is 0.220 e. The Balaban J connectivity index is 3.48. The van der Waals surface area contributed by atoms with Crippen LogP contribution in [0.25, 0.3) is 0 Å². The number of nitrogens with one attached hydrogen (secondary N) is 1. The second-order valence-corrected chi connectivity index (χ2v) is 16.5. The number of allylic oxidation sites excluding steroid dienone is 1. The highest BCUT2D eigenvalue weighted by Crippen LogP contribution is 2.17. The molecule has 2 unspecified atom stereocenters. The normalized spacial score (nSPS) is 12.9. The lowest BCUT2D eigenvalue weighted by atomic mass is 10.0. The molecule has 2 atom stereocenters. The first-order valence-corrected chi connectivity index (χ1v) is 23.9. The van der Waals surface area contributed by atoms with Gasteiger partial charge in [-0.1, -0.05) is 257 Å². The molecule has 0 heterocycles. The van der Waals surface area contributed by atoms with Gasteiger partial charge in [-0.2, -0.15) is 0 Å². The largest absolute Gasteiger partial charge is 0.394 e. The van der Waals surface area contributed by atoms with Crippen molar-refractivity contribution in [3.63, 3.8) is 0 Å². The van der Waals surface area contributed by atoms with Crippen LogP contribution in [0.3, 0.4) is 0 Å². The monoisotopic (exact) mass is 734 g/mol. The zero-order valence-corrected chi connectivity index (χ0v) is 35.6. The summed E-state index contributed by atoms with van der Waals surface area (Å²) in [5.41, 5.74) is 0. The summed E-state index contributed by atoms with van der Waals surface area (Å²) in [7, 11) is 0. The van der Waals surface area contributed by atoms with Gasteiger partial charge >= 0.3 is 0 Å². The van der Waals surface area contributed by atoms with Gasteiger partial charge in [-0.25, -0.2) is 0 Å². The van der Waals surface area contributed by atoms with Crippen molar-refractivity contribution in [1.29, 1.82) is 0 Å². The van der Waals surface area contributed by atoms with Crippen molar-refractivity contribution >= 4 is 5.91 Å². The van der Waals surface area contributed by atoms with Gasteiger partial charge in [-0.3, -0.25) is 4.79 Å². The Bertz CT molecular complexity index is 710. The molecule has 310 valence electrons. The zero-order chi connectivity index (χ0) is 37.8. The molecule has 1 amide bonds. The predicted octanol–water partition coefficient (Wildman–Crippen LogP) is 15.0. The quantitative estimate of drug-likeness (QED) is 0.0431. The standard InChI is InChI=1S/C48H95NO3/c1-3-5-7-9-11-13-15-17-19-21-22-23-24-25-26-28-30-32-34-36-38-40-42-44-48(52)49-46(45-50)47(51)43-41-39-37-35-33-31-29-27-20-18-16-14-12-10-8-6-4-2/h41,43,46-47,50-51H,3-40,42,44-45H2,1-2H3,(H,49,52)/b43-41+. The molecule has 0 aromatic heterocycles. The molecule has 52 heavy (non-hydrogen) atoms. The molecule has 4 heteroatoms. The fourth-order valence-electron chi connectivity index (χ4n) is 7.59. The molecule has 0 aromatic carbocycles. The Morgan fingerprint density at radius 1 is 0.442 bits per heavy atom. The first-order valence-electron chi connectivity index (χ1n) is 23.9. The minimum absolute atomic E-state index is 0.0580. The zero-order valence-electron chi connectivity index (χ0n) is 35.6. The van der Waals surface area contributed by atoms with Crippen LogP contribution in [0.2, 0.25) is 0 Å². The molecule has 0 aliphatic heterocycles. The van der Waals surface area contributed by atoms with Crippen LogP contribution in [0.15, 0.2) is 12.2 Å². The molecular formula is C48H95NO3. The number of amides is 1. The van der Waals surface area contributed by atoms with E-state index in [1.807, 2.05) is 6.08 Å². The Morgan fingerprint density at radius 2 is 0.712 bits per heavy atom. The average molecular weight is 734 g/mol. The van der Waals surface area contributed by atoms with Gasteiger partial charge in [0, 0.05) is 6.42 Å². The lowest BCUT2D eigenvalue weighted by Crippen LogP contribution is -2.45. The fourth-order valence-corrected chi connectivity index (χ4v) is 7.59. The van der Waals surface area contributed by atoms with E-state index in [0.29, 0.717) is 6.42 Å². The SMILES string of the molecule is CCCCCCCCCCCCCCCCC/C=C/C(O)C(CO)NC(=O)CCCCCCCCCCCCCCCCCCCCCCCCC. The molecule has 0 spiro atoms. The summed E-state index contributed by atoms with van der Waals surface area (Å²) in [6.07, 6.45) is 56.2. The van der Waals surface area contributed by atoms with Gasteiger partial charge in [0.05, 0.1) is 18.8 Å². The summed E-state index contributed by atoms with van der Waals surface area (Å²) in [5, 5.41) is 23.1. The van der Waals surface area contributed by atoms with E-state index in [2.05, 4.69) is 19.2 Å². The van der Waals surface area contributed by atoms with Gasteiger partial charge in [0.2, 0.25) is 5.91 Å². The molecule has 0 saturated carbocycles. The van der Waals surface area contributed by atoms with Gasteiger partial charge in [-0.15, -0.1) is 0 Å². The summed E-state index contributed by atoms with van der Waals surface area (Å²) in [6, 6.07) is -0.616. The summed E-state index contributed by atoms with van der Waals surface area (Å²) in [4.78, 5) is 12.4. The molecule has 0 bridgehead atoms. The van der Waals surface area contributed by atoms with Crippen molar-refractivity contribution in [1.82, 2.24) is 5.32 Å². The van der Waals surface area contributed by atoms with Gasteiger partial charge in [0.1, 0.15) is 0 Å². The summed E-state index contributed by atoms with van der Waals surface area (Å²) >= 11 is 0. The molecule has 0 saturated heterocycles. The third kappa shape index (κ3) is 40.3. The number of carbonyl (C=O) groups is 1. The van der Waals surface area contributed by atoms with E-state index in [1.54, 1.807) is 6.08 Å². The molecule has 0 aromatic rings.